The van der Waals surface area contributed by atoms with E-state index in [-0.39, 0.29) is 4.88 Å². The van der Waals surface area contributed by atoms with Gasteiger partial charge in [0.05, 0.1) is 17.9 Å². The number of carboxylic acids is 1. The van der Waals surface area contributed by atoms with E-state index in [1.54, 1.807) is 25.1 Å². The molecule has 3 rings (SSSR count). The molecule has 0 amide bonds. The van der Waals surface area contributed by atoms with Gasteiger partial charge in [0.2, 0.25) is 0 Å². The maximum atomic E-state index is 11.3. The number of benzene rings is 2. The number of hydrogen-bond donors (Lipinski definition) is 1. The molecule has 1 aromatic heterocycles. The van der Waals surface area contributed by atoms with Crippen LogP contribution in [0.4, 0.5) is 0 Å². The van der Waals surface area contributed by atoms with Crippen molar-refractivity contribution in [3.63, 3.8) is 0 Å². The lowest BCUT2D eigenvalue weighted by atomic mass is 10.1. The Morgan fingerprint density at radius 2 is 2.00 bits per heavy atom. The molecule has 0 spiro atoms. The molecule has 1 heterocycles. The minimum absolute atomic E-state index is 0.231. The zero-order valence-corrected chi connectivity index (χ0v) is 15.8. The Labute approximate surface area is 161 Å². The summed E-state index contributed by atoms with van der Waals surface area (Å²) in [6, 6.07) is 15.6. The van der Waals surface area contributed by atoms with Crippen LogP contribution in [-0.4, -0.2) is 22.7 Å². The van der Waals surface area contributed by atoms with E-state index in [4.69, 9.17) is 16.3 Å². The maximum Gasteiger partial charge on any atom is 0.347 e. The van der Waals surface area contributed by atoms with Crippen molar-refractivity contribution in [2.24, 2.45) is 0 Å². The summed E-state index contributed by atoms with van der Waals surface area (Å²) in [4.78, 5) is 15.9. The molecule has 2 aromatic carbocycles. The summed E-state index contributed by atoms with van der Waals surface area (Å²) in [6.45, 7) is 2.24. The maximum absolute atomic E-state index is 11.3. The number of aromatic carboxylic acids is 1. The van der Waals surface area contributed by atoms with Crippen LogP contribution in [0.5, 0.6) is 5.75 Å². The lowest BCUT2D eigenvalue weighted by Gasteiger charge is -2.10. The molecule has 0 radical (unpaired) electrons. The highest BCUT2D eigenvalue weighted by Gasteiger charge is 2.18. The van der Waals surface area contributed by atoms with Gasteiger partial charge in [-0.15, -0.1) is 11.3 Å². The van der Waals surface area contributed by atoms with E-state index in [1.807, 2.05) is 18.2 Å². The first-order chi connectivity index (χ1) is 12.5. The van der Waals surface area contributed by atoms with Crippen molar-refractivity contribution in [3.05, 3.63) is 69.7 Å². The van der Waals surface area contributed by atoms with Crippen molar-refractivity contribution in [2.75, 3.05) is 6.61 Å². The summed E-state index contributed by atoms with van der Waals surface area (Å²) >= 11 is 7.25. The second kappa shape index (κ2) is 8.34. The van der Waals surface area contributed by atoms with Crippen LogP contribution in [0.15, 0.2) is 48.5 Å². The minimum atomic E-state index is -0.974. The molecule has 0 aliphatic heterocycles. The predicted molar refractivity (Wildman–Crippen MR) is 105 cm³/mol. The zero-order valence-electron chi connectivity index (χ0n) is 14.2. The third-order valence-electron chi connectivity index (χ3n) is 3.87. The third-order valence-corrected chi connectivity index (χ3v) is 5.29. The topological polar surface area (TPSA) is 59.4 Å². The van der Waals surface area contributed by atoms with Crippen LogP contribution >= 0.6 is 22.9 Å². The number of rotatable bonds is 7. The van der Waals surface area contributed by atoms with Gasteiger partial charge in [-0.2, -0.15) is 0 Å². The fourth-order valence-electron chi connectivity index (χ4n) is 2.61. The average molecular weight is 388 g/mol. The molecule has 6 heteroatoms. The number of hydrogen-bond acceptors (Lipinski definition) is 4. The molecule has 0 atom stereocenters. The summed E-state index contributed by atoms with van der Waals surface area (Å²) in [5, 5.41) is 10.4. The Bertz CT molecular complexity index is 909. The van der Waals surface area contributed by atoms with E-state index in [1.165, 1.54) is 5.56 Å². The predicted octanol–water partition coefficient (Wildman–Crippen LogP) is 5.48. The van der Waals surface area contributed by atoms with Crippen molar-refractivity contribution >= 4 is 28.9 Å². The van der Waals surface area contributed by atoms with Crippen LogP contribution < -0.4 is 4.74 Å². The standard InChI is InChI=1S/C20H18ClNO3S/c1-13-18(20(23)24)26-19(22-13)16-12-15(21)9-10-17(16)25-11-5-8-14-6-3-2-4-7-14/h2-4,6-7,9-10,12H,5,8,11H2,1H3,(H,23,24). The average Bonchev–Trinajstić information content (AvgIpc) is 3.02. The van der Waals surface area contributed by atoms with Gasteiger partial charge in [0.15, 0.2) is 0 Å². The van der Waals surface area contributed by atoms with E-state index in [0.717, 1.165) is 29.7 Å². The second-order valence-corrected chi connectivity index (χ2v) is 7.25. The molecule has 0 aliphatic rings. The van der Waals surface area contributed by atoms with Gasteiger partial charge in [-0.3, -0.25) is 0 Å². The summed E-state index contributed by atoms with van der Waals surface area (Å²) in [7, 11) is 0. The number of thiazole rings is 1. The van der Waals surface area contributed by atoms with Gasteiger partial charge in [0.1, 0.15) is 15.6 Å². The molecule has 26 heavy (non-hydrogen) atoms. The Hall–Kier alpha value is -2.37. The number of ether oxygens (including phenoxy) is 1. The van der Waals surface area contributed by atoms with Crippen molar-refractivity contribution in [1.29, 1.82) is 0 Å². The van der Waals surface area contributed by atoms with Gasteiger partial charge < -0.3 is 9.84 Å². The zero-order chi connectivity index (χ0) is 18.5. The van der Waals surface area contributed by atoms with Crippen LogP contribution in [0.1, 0.15) is 27.3 Å². The van der Waals surface area contributed by atoms with E-state index in [9.17, 15) is 9.90 Å². The van der Waals surface area contributed by atoms with Crippen LogP contribution in [0.2, 0.25) is 5.02 Å². The quantitative estimate of drug-likeness (QED) is 0.545. The lowest BCUT2D eigenvalue weighted by molar-refractivity contribution is 0.0701. The lowest BCUT2D eigenvalue weighted by Crippen LogP contribution is -2.00. The molecule has 0 aliphatic carbocycles. The van der Waals surface area contributed by atoms with Crippen LogP contribution in [0, 0.1) is 6.92 Å². The first kappa shape index (κ1) is 18.4. The first-order valence-corrected chi connectivity index (χ1v) is 9.41. The van der Waals surface area contributed by atoms with Crippen molar-refractivity contribution < 1.29 is 14.6 Å². The Morgan fingerprint density at radius 1 is 1.23 bits per heavy atom. The molecule has 134 valence electrons. The number of nitrogens with zero attached hydrogens (tertiary/aromatic N) is 1. The first-order valence-electron chi connectivity index (χ1n) is 8.22. The van der Waals surface area contributed by atoms with Crippen molar-refractivity contribution in [2.45, 2.75) is 19.8 Å². The summed E-state index contributed by atoms with van der Waals surface area (Å²) in [5.41, 5.74) is 2.49. The third kappa shape index (κ3) is 4.42. The van der Waals surface area contributed by atoms with Crippen molar-refractivity contribution in [1.82, 2.24) is 4.98 Å². The monoisotopic (exact) mass is 387 g/mol. The largest absolute Gasteiger partial charge is 0.493 e. The molecule has 0 fully saturated rings. The normalized spacial score (nSPS) is 10.7. The number of carboxylic acid groups (broad SMARTS) is 1. The van der Waals surface area contributed by atoms with E-state index in [0.29, 0.717) is 28.1 Å². The Morgan fingerprint density at radius 3 is 2.69 bits per heavy atom. The number of aromatic nitrogens is 1. The number of aryl methyl sites for hydroxylation is 2. The van der Waals surface area contributed by atoms with Crippen LogP contribution in [0.25, 0.3) is 10.6 Å². The molecule has 3 aromatic rings. The number of carbonyl (C=O) groups is 1. The summed E-state index contributed by atoms with van der Waals surface area (Å²) in [6.07, 6.45) is 1.81. The van der Waals surface area contributed by atoms with Crippen LogP contribution in [-0.2, 0) is 6.42 Å². The number of halogens is 1. The highest BCUT2D eigenvalue weighted by atomic mass is 35.5. The van der Waals surface area contributed by atoms with Gasteiger partial charge in [-0.05, 0) is 43.5 Å². The van der Waals surface area contributed by atoms with E-state index >= 15 is 0 Å². The molecule has 0 saturated heterocycles. The Balaban J connectivity index is 1.74. The van der Waals surface area contributed by atoms with Gasteiger partial charge in [-0.1, -0.05) is 41.9 Å². The highest BCUT2D eigenvalue weighted by molar-refractivity contribution is 7.17. The highest BCUT2D eigenvalue weighted by Crippen LogP contribution is 2.36. The molecule has 0 unspecified atom stereocenters. The van der Waals surface area contributed by atoms with E-state index < -0.39 is 5.97 Å². The smallest absolute Gasteiger partial charge is 0.347 e. The summed E-state index contributed by atoms with van der Waals surface area (Å²) in [5.74, 6) is -0.313. The van der Waals surface area contributed by atoms with Gasteiger partial charge in [0, 0.05) is 5.02 Å². The minimum Gasteiger partial charge on any atom is -0.493 e. The molecule has 1 N–H and O–H groups in total. The molecular formula is C20H18ClNO3S. The Kier molecular flexibility index (Phi) is 5.91. The molecule has 0 saturated carbocycles. The van der Waals surface area contributed by atoms with Crippen molar-refractivity contribution in [3.8, 4) is 16.3 Å². The fourth-order valence-corrected chi connectivity index (χ4v) is 3.71. The van der Waals surface area contributed by atoms with Gasteiger partial charge in [0.25, 0.3) is 0 Å². The summed E-state index contributed by atoms with van der Waals surface area (Å²) < 4.78 is 5.94. The van der Waals surface area contributed by atoms with Gasteiger partial charge >= 0.3 is 5.97 Å². The molecular weight excluding hydrogens is 370 g/mol. The SMILES string of the molecule is Cc1nc(-c2cc(Cl)ccc2OCCCc2ccccc2)sc1C(=O)O. The van der Waals surface area contributed by atoms with Gasteiger partial charge in [-0.25, -0.2) is 9.78 Å². The molecule has 0 bridgehead atoms. The van der Waals surface area contributed by atoms with E-state index in [2.05, 4.69) is 17.1 Å². The second-order valence-electron chi connectivity index (χ2n) is 5.82. The molecule has 4 nitrogen and oxygen atoms in total. The fraction of sp³-hybridized carbons (Fsp3) is 0.200. The van der Waals surface area contributed by atoms with Crippen LogP contribution in [0.3, 0.4) is 0 Å².